The van der Waals surface area contributed by atoms with Gasteiger partial charge in [0.15, 0.2) is 0 Å². The maximum absolute atomic E-state index is 10.1. The van der Waals surface area contributed by atoms with Crippen molar-refractivity contribution in [2.45, 2.75) is 71.1 Å². The van der Waals surface area contributed by atoms with Gasteiger partial charge in [-0.05, 0) is 6.42 Å². The molecule has 0 aromatic heterocycles. The zero-order valence-corrected chi connectivity index (χ0v) is 16.9. The van der Waals surface area contributed by atoms with Gasteiger partial charge in [0, 0.05) is 0 Å². The monoisotopic (exact) mass is 402 g/mol. The first kappa shape index (κ1) is 22.0. The van der Waals surface area contributed by atoms with Crippen molar-refractivity contribution in [3.05, 3.63) is 0 Å². The van der Waals surface area contributed by atoms with Gasteiger partial charge < -0.3 is 18.9 Å². The molecule has 104 valence electrons. The van der Waals surface area contributed by atoms with Crippen molar-refractivity contribution in [3.8, 4) is 0 Å². The van der Waals surface area contributed by atoms with E-state index in [9.17, 15) is 14.4 Å². The van der Waals surface area contributed by atoms with E-state index in [2.05, 4.69) is 11.4 Å². The molecule has 0 amide bonds. The standard InChI is InChI=1S/C12H27O4P.Ba/c1-2-3-4-5-6-7-8-9-10-11-12-16-17(13,14)15;/h2-12H2,1H3,(H2,13,14,15);/q;+2/p-2. The van der Waals surface area contributed by atoms with Crippen LogP contribution in [0.15, 0.2) is 0 Å². The zero-order chi connectivity index (χ0) is 13.0. The molecule has 0 spiro atoms. The fourth-order valence-electron chi connectivity index (χ4n) is 1.77. The van der Waals surface area contributed by atoms with Crippen LogP contribution in [-0.2, 0) is 9.09 Å². The van der Waals surface area contributed by atoms with Gasteiger partial charge in [-0.15, -0.1) is 0 Å². The molecule has 6 heteroatoms. The number of hydrogen-bond acceptors (Lipinski definition) is 4. The van der Waals surface area contributed by atoms with Crippen molar-refractivity contribution in [3.63, 3.8) is 0 Å². The van der Waals surface area contributed by atoms with Crippen molar-refractivity contribution >= 4 is 56.7 Å². The molecule has 0 aliphatic carbocycles. The number of rotatable bonds is 12. The maximum atomic E-state index is 10.1. The van der Waals surface area contributed by atoms with Crippen LogP contribution >= 0.6 is 7.82 Å². The molecule has 0 atom stereocenters. The number of phosphoric acid groups is 1. The Morgan fingerprint density at radius 2 is 1.22 bits per heavy atom. The van der Waals surface area contributed by atoms with Crippen LogP contribution in [-0.4, -0.2) is 55.5 Å². The average Bonchev–Trinajstić information content (AvgIpc) is 2.24. The van der Waals surface area contributed by atoms with E-state index in [0.717, 1.165) is 12.8 Å². The number of unbranched alkanes of at least 4 members (excludes halogenated alkanes) is 9. The van der Waals surface area contributed by atoms with Crippen molar-refractivity contribution < 1.29 is 18.9 Å². The Kier molecular flexibility index (Phi) is 18.4. The van der Waals surface area contributed by atoms with Gasteiger partial charge in [0.25, 0.3) is 0 Å². The second-order valence-electron chi connectivity index (χ2n) is 4.46. The first-order valence-corrected chi connectivity index (χ1v) is 8.19. The molecule has 0 unspecified atom stereocenters. The van der Waals surface area contributed by atoms with E-state index in [0.29, 0.717) is 6.42 Å². The van der Waals surface area contributed by atoms with Gasteiger partial charge in [0.1, 0.15) is 0 Å². The summed E-state index contributed by atoms with van der Waals surface area (Å²) in [6, 6.07) is 0. The largest absolute Gasteiger partial charge is 2.00 e. The summed E-state index contributed by atoms with van der Waals surface area (Å²) in [5, 5.41) is 0. The third-order valence-corrected chi connectivity index (χ3v) is 3.25. The summed E-state index contributed by atoms with van der Waals surface area (Å²) in [6.45, 7) is 2.26. The Morgan fingerprint density at radius 1 is 0.833 bits per heavy atom. The second kappa shape index (κ2) is 15.1. The summed E-state index contributed by atoms with van der Waals surface area (Å²) < 4.78 is 14.3. The summed E-state index contributed by atoms with van der Waals surface area (Å²) in [5.74, 6) is 0. The van der Waals surface area contributed by atoms with Gasteiger partial charge in [-0.1, -0.05) is 64.7 Å². The molecule has 0 aliphatic rings. The van der Waals surface area contributed by atoms with Crippen molar-refractivity contribution in [2.75, 3.05) is 6.61 Å². The van der Waals surface area contributed by atoms with Crippen molar-refractivity contribution in [1.29, 1.82) is 0 Å². The van der Waals surface area contributed by atoms with E-state index in [1.54, 1.807) is 0 Å². The molecule has 0 bridgehead atoms. The van der Waals surface area contributed by atoms with Crippen LogP contribution < -0.4 is 9.79 Å². The Hall–Kier alpha value is 1.68. The molecule has 0 fully saturated rings. The third-order valence-electron chi connectivity index (χ3n) is 2.75. The number of phosphoric ester groups is 1. The van der Waals surface area contributed by atoms with Crippen LogP contribution in [0.1, 0.15) is 71.1 Å². The summed E-state index contributed by atoms with van der Waals surface area (Å²) in [7, 11) is -4.74. The minimum atomic E-state index is -4.74. The summed E-state index contributed by atoms with van der Waals surface area (Å²) in [4.78, 5) is 20.3. The SMILES string of the molecule is CCCCCCCCCCCCOP(=O)([O-])[O-].[Ba+2]. The smallest absolute Gasteiger partial charge is 0.790 e. The molecule has 0 aromatic carbocycles. The Balaban J connectivity index is 0. The van der Waals surface area contributed by atoms with Gasteiger partial charge in [-0.3, -0.25) is 0 Å². The van der Waals surface area contributed by atoms with Crippen LogP contribution in [0, 0.1) is 0 Å². The molecule has 0 N–H and O–H groups in total. The van der Waals surface area contributed by atoms with E-state index in [1.807, 2.05) is 0 Å². The summed E-state index contributed by atoms with van der Waals surface area (Å²) in [5.41, 5.74) is 0. The van der Waals surface area contributed by atoms with Crippen LogP contribution in [0.3, 0.4) is 0 Å². The summed E-state index contributed by atoms with van der Waals surface area (Å²) in [6.07, 6.45) is 11.7. The third kappa shape index (κ3) is 20.0. The first-order valence-electron chi connectivity index (χ1n) is 6.73. The molecular weight excluding hydrogens is 376 g/mol. The molecule has 0 aliphatic heterocycles. The molecule has 18 heavy (non-hydrogen) atoms. The van der Waals surface area contributed by atoms with Crippen LogP contribution in [0.5, 0.6) is 0 Å². The van der Waals surface area contributed by atoms with Crippen molar-refractivity contribution in [2.24, 2.45) is 0 Å². The van der Waals surface area contributed by atoms with Crippen LogP contribution in [0.25, 0.3) is 0 Å². The minimum absolute atomic E-state index is 0. The maximum Gasteiger partial charge on any atom is 2.00 e. The van der Waals surface area contributed by atoms with Gasteiger partial charge in [-0.25, -0.2) is 0 Å². The van der Waals surface area contributed by atoms with E-state index in [4.69, 9.17) is 0 Å². The second-order valence-corrected chi connectivity index (χ2v) is 5.62. The normalized spacial score (nSPS) is 11.3. The molecule has 0 saturated heterocycles. The molecule has 0 rings (SSSR count). The first-order chi connectivity index (χ1) is 8.06. The van der Waals surface area contributed by atoms with Gasteiger partial charge in [0.2, 0.25) is 0 Å². The van der Waals surface area contributed by atoms with Crippen molar-refractivity contribution in [1.82, 2.24) is 0 Å². The quantitative estimate of drug-likeness (QED) is 0.286. The predicted molar refractivity (Wildman–Crippen MR) is 71.2 cm³/mol. The molecule has 0 saturated carbocycles. The predicted octanol–water partition coefficient (Wildman–Crippen LogP) is 2.37. The van der Waals surface area contributed by atoms with E-state index in [-0.39, 0.29) is 55.5 Å². The molecule has 0 aromatic rings. The van der Waals surface area contributed by atoms with E-state index < -0.39 is 7.82 Å². The van der Waals surface area contributed by atoms with E-state index >= 15 is 0 Å². The fraction of sp³-hybridized carbons (Fsp3) is 1.00. The zero-order valence-electron chi connectivity index (χ0n) is 11.6. The van der Waals surface area contributed by atoms with E-state index in [1.165, 1.54) is 44.9 Å². The Morgan fingerprint density at radius 3 is 1.61 bits per heavy atom. The van der Waals surface area contributed by atoms with Crippen LogP contribution in [0.2, 0.25) is 0 Å². The van der Waals surface area contributed by atoms with Gasteiger partial charge in [-0.2, -0.15) is 0 Å². The Labute approximate surface area is 152 Å². The molecule has 0 heterocycles. The summed E-state index contributed by atoms with van der Waals surface area (Å²) >= 11 is 0. The molecule has 0 radical (unpaired) electrons. The molecular formula is C12H25BaO4P. The fourth-order valence-corrected chi connectivity index (χ4v) is 2.12. The minimum Gasteiger partial charge on any atom is -0.790 e. The topological polar surface area (TPSA) is 72.4 Å². The number of hydrogen-bond donors (Lipinski definition) is 0. The Bertz CT molecular complexity index is 208. The molecule has 4 nitrogen and oxygen atoms in total. The van der Waals surface area contributed by atoms with Gasteiger partial charge >= 0.3 is 48.9 Å². The average molecular weight is 402 g/mol. The van der Waals surface area contributed by atoms with Gasteiger partial charge in [0.05, 0.1) is 14.4 Å². The van der Waals surface area contributed by atoms with Crippen LogP contribution in [0.4, 0.5) is 0 Å².